The van der Waals surface area contributed by atoms with Crippen LogP contribution in [0.2, 0.25) is 0 Å². The van der Waals surface area contributed by atoms with Crippen molar-refractivity contribution in [1.29, 1.82) is 0 Å². The van der Waals surface area contributed by atoms with Crippen LogP contribution in [0.25, 0.3) is 0 Å². The third kappa shape index (κ3) is 2.16. The zero-order valence-corrected chi connectivity index (χ0v) is 13.3. The van der Waals surface area contributed by atoms with Gasteiger partial charge in [-0.05, 0) is 23.9 Å². The van der Waals surface area contributed by atoms with Gasteiger partial charge in [-0.15, -0.1) is 21.5 Å². The highest BCUT2D eigenvalue weighted by Gasteiger charge is 2.48. The third-order valence-corrected chi connectivity index (χ3v) is 5.52. The fourth-order valence-corrected chi connectivity index (χ4v) is 4.22. The molecule has 1 amide bonds. The number of rotatable bonds is 2. The van der Waals surface area contributed by atoms with Gasteiger partial charge in [0.1, 0.15) is 0 Å². The monoisotopic (exact) mass is 319 g/mol. The number of likely N-dealkylation sites (tertiary alicyclic amines) is 1. The summed E-state index contributed by atoms with van der Waals surface area (Å²) >= 11 is 1.50. The maximum absolute atomic E-state index is 12.6. The maximum Gasteiger partial charge on any atom is 0.264 e. The standard InChI is InChI=1S/C15H17N3O3S/c1-8-3-4-22-13(8)15(19)18-5-10-11(7-20-12(10)6-18)14-17-16-9(2)21-14/h3-4,10-12H,5-7H2,1-2H3/t10-,11-,12-/m0/s1. The van der Waals surface area contributed by atoms with Gasteiger partial charge in [0.15, 0.2) is 0 Å². The number of amides is 1. The molecule has 0 aliphatic carbocycles. The summed E-state index contributed by atoms with van der Waals surface area (Å²) in [5, 5.41) is 9.98. The van der Waals surface area contributed by atoms with E-state index in [9.17, 15) is 4.79 Å². The summed E-state index contributed by atoms with van der Waals surface area (Å²) < 4.78 is 11.4. The highest BCUT2D eigenvalue weighted by molar-refractivity contribution is 7.12. The Kier molecular flexibility index (Phi) is 3.27. The van der Waals surface area contributed by atoms with E-state index in [1.54, 1.807) is 6.92 Å². The molecule has 2 fully saturated rings. The average Bonchev–Trinajstić information content (AvgIpc) is 3.21. The number of hydrogen-bond donors (Lipinski definition) is 0. The van der Waals surface area contributed by atoms with Gasteiger partial charge in [0, 0.05) is 25.9 Å². The highest BCUT2D eigenvalue weighted by Crippen LogP contribution is 2.40. The predicted molar refractivity (Wildman–Crippen MR) is 80.0 cm³/mol. The minimum atomic E-state index is 0.0708. The molecule has 2 aromatic heterocycles. The second-order valence-corrected chi connectivity index (χ2v) is 6.86. The lowest BCUT2D eigenvalue weighted by Gasteiger charge is -2.18. The normalized spacial score (nSPS) is 27.4. The quantitative estimate of drug-likeness (QED) is 0.847. The van der Waals surface area contributed by atoms with Crippen molar-refractivity contribution < 1.29 is 13.9 Å². The predicted octanol–water partition coefficient (Wildman–Crippen LogP) is 2.00. The lowest BCUT2D eigenvalue weighted by Crippen LogP contribution is -2.30. The van der Waals surface area contributed by atoms with Crippen molar-refractivity contribution in [3.63, 3.8) is 0 Å². The van der Waals surface area contributed by atoms with Crippen LogP contribution in [-0.4, -0.2) is 46.8 Å². The van der Waals surface area contributed by atoms with Crippen molar-refractivity contribution >= 4 is 17.2 Å². The Bertz CT molecular complexity index is 710. The molecule has 4 rings (SSSR count). The van der Waals surface area contributed by atoms with Gasteiger partial charge >= 0.3 is 0 Å². The molecule has 2 aliphatic heterocycles. The van der Waals surface area contributed by atoms with Crippen molar-refractivity contribution in [2.75, 3.05) is 19.7 Å². The maximum atomic E-state index is 12.6. The average molecular weight is 319 g/mol. The Morgan fingerprint density at radius 1 is 1.36 bits per heavy atom. The van der Waals surface area contributed by atoms with E-state index < -0.39 is 0 Å². The molecular weight excluding hydrogens is 302 g/mol. The van der Waals surface area contributed by atoms with Crippen molar-refractivity contribution in [2.45, 2.75) is 25.9 Å². The number of hydrogen-bond acceptors (Lipinski definition) is 6. The summed E-state index contributed by atoms with van der Waals surface area (Å²) in [7, 11) is 0. The molecule has 4 heterocycles. The van der Waals surface area contributed by atoms with Gasteiger partial charge in [-0.3, -0.25) is 4.79 Å². The van der Waals surface area contributed by atoms with E-state index in [4.69, 9.17) is 9.15 Å². The zero-order valence-electron chi connectivity index (χ0n) is 12.5. The summed E-state index contributed by atoms with van der Waals surface area (Å²) in [6.07, 6.45) is 0.0708. The number of ether oxygens (including phenoxy) is 1. The molecule has 116 valence electrons. The molecule has 0 bridgehead atoms. The second-order valence-electron chi connectivity index (χ2n) is 5.94. The number of carbonyl (C=O) groups is 1. The van der Waals surface area contributed by atoms with Gasteiger partial charge in [-0.25, -0.2) is 0 Å². The van der Waals surface area contributed by atoms with E-state index in [2.05, 4.69) is 10.2 Å². The van der Waals surface area contributed by atoms with Crippen LogP contribution in [0.5, 0.6) is 0 Å². The Morgan fingerprint density at radius 2 is 2.23 bits per heavy atom. The fourth-order valence-electron chi connectivity index (χ4n) is 3.33. The first-order valence-corrected chi connectivity index (χ1v) is 8.26. The molecule has 2 aliphatic rings. The third-order valence-electron chi connectivity index (χ3n) is 4.52. The second kappa shape index (κ2) is 5.17. The number of thiophene rings is 1. The zero-order chi connectivity index (χ0) is 15.3. The summed E-state index contributed by atoms with van der Waals surface area (Å²) in [5.74, 6) is 1.63. The van der Waals surface area contributed by atoms with Crippen LogP contribution in [0.3, 0.4) is 0 Å². The lowest BCUT2D eigenvalue weighted by atomic mass is 9.93. The minimum absolute atomic E-state index is 0.0708. The minimum Gasteiger partial charge on any atom is -0.425 e. The molecule has 6 nitrogen and oxygen atoms in total. The van der Waals surface area contributed by atoms with E-state index in [1.165, 1.54) is 11.3 Å². The highest BCUT2D eigenvalue weighted by atomic mass is 32.1. The first kappa shape index (κ1) is 13.9. The summed E-state index contributed by atoms with van der Waals surface area (Å²) in [6.45, 7) is 5.68. The van der Waals surface area contributed by atoms with E-state index in [-0.39, 0.29) is 23.8 Å². The lowest BCUT2D eigenvalue weighted by molar-refractivity contribution is 0.0690. The van der Waals surface area contributed by atoms with Crippen LogP contribution in [0, 0.1) is 19.8 Å². The SMILES string of the molecule is Cc1nnc([C@H]2CO[C@H]3CN(C(=O)c4sccc4C)C[C@H]32)o1. The molecule has 2 saturated heterocycles. The number of nitrogens with zero attached hydrogens (tertiary/aromatic N) is 3. The van der Waals surface area contributed by atoms with E-state index in [0.29, 0.717) is 31.5 Å². The number of aryl methyl sites for hydroxylation is 2. The van der Waals surface area contributed by atoms with Gasteiger partial charge in [0.25, 0.3) is 5.91 Å². The molecule has 0 radical (unpaired) electrons. The number of carbonyl (C=O) groups excluding carboxylic acids is 1. The Labute approximate surface area is 132 Å². The summed E-state index contributed by atoms with van der Waals surface area (Å²) in [5.41, 5.74) is 1.04. The number of aromatic nitrogens is 2. The molecular formula is C15H17N3O3S. The largest absolute Gasteiger partial charge is 0.425 e. The van der Waals surface area contributed by atoms with Crippen molar-refractivity contribution in [3.05, 3.63) is 33.7 Å². The van der Waals surface area contributed by atoms with E-state index in [1.807, 2.05) is 23.3 Å². The van der Waals surface area contributed by atoms with Crippen LogP contribution >= 0.6 is 11.3 Å². The Balaban J connectivity index is 1.52. The van der Waals surface area contributed by atoms with Gasteiger partial charge in [-0.2, -0.15) is 0 Å². The molecule has 0 saturated carbocycles. The van der Waals surface area contributed by atoms with Crippen molar-refractivity contribution in [1.82, 2.24) is 15.1 Å². The van der Waals surface area contributed by atoms with Crippen LogP contribution in [0.4, 0.5) is 0 Å². The van der Waals surface area contributed by atoms with Crippen molar-refractivity contribution in [3.8, 4) is 0 Å². The van der Waals surface area contributed by atoms with Gasteiger partial charge in [0.2, 0.25) is 11.8 Å². The molecule has 2 aromatic rings. The van der Waals surface area contributed by atoms with Crippen LogP contribution in [0.15, 0.2) is 15.9 Å². The Hall–Kier alpha value is -1.73. The Morgan fingerprint density at radius 3 is 2.91 bits per heavy atom. The first-order chi connectivity index (χ1) is 10.6. The van der Waals surface area contributed by atoms with Gasteiger partial charge < -0.3 is 14.1 Å². The van der Waals surface area contributed by atoms with Crippen molar-refractivity contribution in [2.24, 2.45) is 5.92 Å². The van der Waals surface area contributed by atoms with Gasteiger partial charge in [0.05, 0.1) is 23.5 Å². The van der Waals surface area contributed by atoms with Crippen LogP contribution < -0.4 is 0 Å². The molecule has 0 unspecified atom stereocenters. The van der Waals surface area contributed by atoms with Crippen LogP contribution in [0.1, 0.15) is 32.9 Å². The summed E-state index contributed by atoms with van der Waals surface area (Å²) in [6, 6.07) is 1.98. The smallest absolute Gasteiger partial charge is 0.264 e. The molecule has 0 spiro atoms. The van der Waals surface area contributed by atoms with E-state index >= 15 is 0 Å². The molecule has 0 N–H and O–H groups in total. The van der Waals surface area contributed by atoms with Crippen LogP contribution in [-0.2, 0) is 4.74 Å². The van der Waals surface area contributed by atoms with E-state index in [0.717, 1.165) is 10.4 Å². The summed E-state index contributed by atoms with van der Waals surface area (Å²) in [4.78, 5) is 15.4. The fraction of sp³-hybridized carbons (Fsp3) is 0.533. The first-order valence-electron chi connectivity index (χ1n) is 7.38. The molecule has 22 heavy (non-hydrogen) atoms. The number of fused-ring (bicyclic) bond motifs is 1. The molecule has 7 heteroatoms. The molecule has 0 aromatic carbocycles. The van der Waals surface area contributed by atoms with Gasteiger partial charge in [-0.1, -0.05) is 0 Å². The molecule has 3 atom stereocenters. The topological polar surface area (TPSA) is 68.5 Å².